The fourth-order valence-electron chi connectivity index (χ4n) is 2.41. The summed E-state index contributed by atoms with van der Waals surface area (Å²) in [5, 5.41) is 10.1. The van der Waals surface area contributed by atoms with Crippen molar-refractivity contribution >= 4 is 11.6 Å². The van der Waals surface area contributed by atoms with Crippen molar-refractivity contribution in [2.75, 3.05) is 0 Å². The van der Waals surface area contributed by atoms with Crippen LogP contribution in [0.1, 0.15) is 32.8 Å². The van der Waals surface area contributed by atoms with Gasteiger partial charge in [-0.2, -0.15) is 0 Å². The number of phenols is 1. The molecular weight excluding hydrogens is 330 g/mol. The first kappa shape index (κ1) is 17.4. The number of nitrogens with zero attached hydrogens (tertiary/aromatic N) is 1. The quantitative estimate of drug-likeness (QED) is 0.530. The van der Waals surface area contributed by atoms with Crippen LogP contribution in [0.25, 0.3) is 0 Å². The third kappa shape index (κ3) is 4.13. The average molecular weight is 347 g/mol. The molecule has 0 bridgehead atoms. The van der Waals surface area contributed by atoms with Crippen LogP contribution >= 0.6 is 0 Å². The van der Waals surface area contributed by atoms with E-state index in [9.17, 15) is 14.7 Å². The molecule has 1 aromatic heterocycles. The van der Waals surface area contributed by atoms with E-state index in [1.807, 2.05) is 25.1 Å². The van der Waals surface area contributed by atoms with Crippen molar-refractivity contribution in [2.45, 2.75) is 13.3 Å². The minimum Gasteiger partial charge on any atom is -0.507 e. The van der Waals surface area contributed by atoms with Crippen LogP contribution < -0.4 is 4.74 Å². The maximum Gasteiger partial charge on any atom is 0.174 e. The lowest BCUT2D eigenvalue weighted by molar-refractivity contribution is 0.0893. The van der Waals surface area contributed by atoms with Crippen molar-refractivity contribution in [3.05, 3.63) is 83.7 Å². The molecule has 1 N–H and O–H groups in total. The molecule has 0 radical (unpaired) electrons. The first-order valence-electron chi connectivity index (χ1n) is 8.08. The highest BCUT2D eigenvalue weighted by atomic mass is 16.5. The Labute approximate surface area is 150 Å². The van der Waals surface area contributed by atoms with E-state index in [2.05, 4.69) is 4.98 Å². The minimum atomic E-state index is -0.459. The third-order valence-corrected chi connectivity index (χ3v) is 3.80. The van der Waals surface area contributed by atoms with Gasteiger partial charge in [0.2, 0.25) is 0 Å². The van der Waals surface area contributed by atoms with Crippen LogP contribution in [0.2, 0.25) is 0 Å². The highest BCUT2D eigenvalue weighted by Gasteiger charge is 2.17. The van der Waals surface area contributed by atoms with Crippen molar-refractivity contribution in [3.63, 3.8) is 0 Å². The molecule has 5 nitrogen and oxygen atoms in total. The fraction of sp³-hybridized carbons (Fsp3) is 0.0952. The summed E-state index contributed by atoms with van der Waals surface area (Å²) < 4.78 is 5.61. The SMILES string of the molecule is Cc1ccc(C(=O)CC(=O)c2ccc(Oc3ccccc3)cc2O)cn1. The van der Waals surface area contributed by atoms with Crippen molar-refractivity contribution < 1.29 is 19.4 Å². The van der Waals surface area contributed by atoms with Gasteiger partial charge in [0.1, 0.15) is 17.2 Å². The summed E-state index contributed by atoms with van der Waals surface area (Å²) in [6.07, 6.45) is 1.11. The van der Waals surface area contributed by atoms with E-state index in [0.717, 1.165) is 5.69 Å². The number of Topliss-reactive ketones (excluding diaryl/α,β-unsaturated/α-hetero) is 2. The molecular formula is C21H17NO4. The summed E-state index contributed by atoms with van der Waals surface area (Å²) in [4.78, 5) is 28.6. The van der Waals surface area contributed by atoms with Crippen LogP contribution in [-0.4, -0.2) is 21.7 Å². The molecule has 3 aromatic rings. The van der Waals surface area contributed by atoms with Crippen molar-refractivity contribution in [3.8, 4) is 17.2 Å². The molecule has 130 valence electrons. The monoisotopic (exact) mass is 347 g/mol. The molecule has 0 saturated carbocycles. The predicted octanol–water partition coefficient (Wildman–Crippen LogP) is 4.34. The minimum absolute atomic E-state index is 0.0823. The number of aromatic hydroxyl groups is 1. The lowest BCUT2D eigenvalue weighted by atomic mass is 10.0. The summed E-state index contributed by atoms with van der Waals surface area (Å²) >= 11 is 0. The van der Waals surface area contributed by atoms with Gasteiger partial charge in [-0.05, 0) is 43.3 Å². The average Bonchev–Trinajstić information content (AvgIpc) is 2.63. The molecule has 0 saturated heterocycles. The summed E-state index contributed by atoms with van der Waals surface area (Å²) in [7, 11) is 0. The van der Waals surface area contributed by atoms with Gasteiger partial charge in [0.05, 0.1) is 12.0 Å². The number of para-hydroxylation sites is 1. The van der Waals surface area contributed by atoms with Crippen LogP contribution in [-0.2, 0) is 0 Å². The summed E-state index contributed by atoms with van der Waals surface area (Å²) in [6.45, 7) is 1.82. The highest BCUT2D eigenvalue weighted by molar-refractivity contribution is 6.14. The Morgan fingerprint density at radius 3 is 2.38 bits per heavy atom. The molecule has 0 aliphatic rings. The Balaban J connectivity index is 1.71. The number of benzene rings is 2. The van der Waals surface area contributed by atoms with Gasteiger partial charge in [-0.3, -0.25) is 14.6 Å². The van der Waals surface area contributed by atoms with Gasteiger partial charge >= 0.3 is 0 Å². The Bertz CT molecular complexity index is 934. The maximum atomic E-state index is 12.3. The van der Waals surface area contributed by atoms with Crippen LogP contribution in [0.15, 0.2) is 66.9 Å². The zero-order valence-corrected chi connectivity index (χ0v) is 14.2. The second kappa shape index (κ2) is 7.61. The van der Waals surface area contributed by atoms with E-state index in [0.29, 0.717) is 17.1 Å². The fourth-order valence-corrected chi connectivity index (χ4v) is 2.41. The number of ketones is 2. The molecule has 1 heterocycles. The number of hydrogen-bond acceptors (Lipinski definition) is 5. The number of hydrogen-bond donors (Lipinski definition) is 1. The number of aromatic nitrogens is 1. The highest BCUT2D eigenvalue weighted by Crippen LogP contribution is 2.28. The van der Waals surface area contributed by atoms with Gasteiger partial charge in [0.15, 0.2) is 11.6 Å². The van der Waals surface area contributed by atoms with E-state index in [4.69, 9.17) is 4.74 Å². The molecule has 0 spiro atoms. The molecule has 0 aliphatic carbocycles. The van der Waals surface area contributed by atoms with E-state index < -0.39 is 5.78 Å². The zero-order chi connectivity index (χ0) is 18.5. The molecule has 2 aromatic carbocycles. The molecule has 0 unspecified atom stereocenters. The van der Waals surface area contributed by atoms with Crippen LogP contribution in [0, 0.1) is 6.92 Å². The van der Waals surface area contributed by atoms with Crippen molar-refractivity contribution in [1.29, 1.82) is 0 Å². The smallest absolute Gasteiger partial charge is 0.174 e. The van der Waals surface area contributed by atoms with E-state index >= 15 is 0 Å². The second-order valence-electron chi connectivity index (χ2n) is 5.81. The predicted molar refractivity (Wildman–Crippen MR) is 96.9 cm³/mol. The topological polar surface area (TPSA) is 76.5 Å². The first-order chi connectivity index (χ1) is 12.5. The summed E-state index contributed by atoms with van der Waals surface area (Å²) in [5.74, 6) is -0.00329. The molecule has 0 aliphatic heterocycles. The van der Waals surface area contributed by atoms with Crippen molar-refractivity contribution in [1.82, 2.24) is 4.98 Å². The van der Waals surface area contributed by atoms with Gasteiger partial charge in [0, 0.05) is 23.5 Å². The van der Waals surface area contributed by atoms with Gasteiger partial charge in [-0.15, -0.1) is 0 Å². The number of phenolic OH excluding ortho intramolecular Hbond substituents is 1. The summed E-state index contributed by atoms with van der Waals surface area (Å²) in [6, 6.07) is 16.8. The summed E-state index contributed by atoms with van der Waals surface area (Å²) in [5.41, 5.74) is 1.24. The van der Waals surface area contributed by atoms with Gasteiger partial charge in [0.25, 0.3) is 0 Å². The van der Waals surface area contributed by atoms with Crippen LogP contribution in [0.5, 0.6) is 17.2 Å². The lowest BCUT2D eigenvalue weighted by Gasteiger charge is -2.08. The number of rotatable bonds is 6. The van der Waals surface area contributed by atoms with E-state index in [-0.39, 0.29) is 23.5 Å². The molecule has 0 atom stereocenters. The molecule has 0 amide bonds. The van der Waals surface area contributed by atoms with E-state index in [1.165, 1.54) is 18.3 Å². The number of carbonyl (C=O) groups excluding carboxylic acids is 2. The lowest BCUT2D eigenvalue weighted by Crippen LogP contribution is -2.09. The van der Waals surface area contributed by atoms with Gasteiger partial charge < -0.3 is 9.84 Å². The Hall–Kier alpha value is -3.47. The van der Waals surface area contributed by atoms with E-state index in [1.54, 1.807) is 30.3 Å². The second-order valence-corrected chi connectivity index (χ2v) is 5.81. The van der Waals surface area contributed by atoms with Crippen molar-refractivity contribution in [2.24, 2.45) is 0 Å². The largest absolute Gasteiger partial charge is 0.507 e. The first-order valence-corrected chi connectivity index (χ1v) is 8.08. The third-order valence-electron chi connectivity index (χ3n) is 3.80. The molecule has 0 fully saturated rings. The van der Waals surface area contributed by atoms with Crippen LogP contribution in [0.3, 0.4) is 0 Å². The Morgan fingerprint density at radius 1 is 0.962 bits per heavy atom. The number of carbonyl (C=O) groups is 2. The number of aryl methyl sites for hydroxylation is 1. The standard InChI is InChI=1S/C21H17NO4/c1-14-7-8-15(13-22-14)19(23)12-21(25)18-10-9-17(11-20(18)24)26-16-5-3-2-4-6-16/h2-11,13,24H,12H2,1H3. The van der Waals surface area contributed by atoms with Gasteiger partial charge in [-0.25, -0.2) is 0 Å². The number of pyridine rings is 1. The molecule has 3 rings (SSSR count). The Morgan fingerprint density at radius 2 is 1.73 bits per heavy atom. The molecule has 26 heavy (non-hydrogen) atoms. The Kier molecular flexibility index (Phi) is 5.08. The maximum absolute atomic E-state index is 12.3. The normalized spacial score (nSPS) is 10.3. The molecule has 5 heteroatoms. The van der Waals surface area contributed by atoms with Crippen LogP contribution in [0.4, 0.5) is 0 Å². The van der Waals surface area contributed by atoms with Gasteiger partial charge in [-0.1, -0.05) is 18.2 Å². The number of ether oxygens (including phenoxy) is 1. The zero-order valence-electron chi connectivity index (χ0n) is 14.2.